The van der Waals surface area contributed by atoms with Gasteiger partial charge in [0.05, 0.1) is 10.9 Å². The largest absolute Gasteiger partial charge is 0.333 e. The Morgan fingerprint density at radius 1 is 1.07 bits per heavy atom. The number of carbonyl (C=O) groups excluding carboxylic acids is 1. The van der Waals surface area contributed by atoms with Crippen LogP contribution in [0.25, 0.3) is 5.57 Å². The van der Waals surface area contributed by atoms with Crippen molar-refractivity contribution in [3.05, 3.63) is 89.0 Å². The molecule has 1 aliphatic heterocycles. The molecule has 0 aromatic heterocycles. The minimum atomic E-state index is -0.578. The molecule has 4 rings (SSSR count). The fraction of sp³-hybridized carbons (Fsp3) is 0.292. The Bertz CT molecular complexity index is 921. The van der Waals surface area contributed by atoms with Gasteiger partial charge in [-0.15, -0.1) is 11.6 Å². The highest BCUT2D eigenvalue weighted by atomic mass is 35.5. The molecule has 0 fully saturated rings. The second-order valence-corrected chi connectivity index (χ2v) is 8.73. The van der Waals surface area contributed by atoms with Gasteiger partial charge in [0, 0.05) is 13.1 Å². The van der Waals surface area contributed by atoms with Gasteiger partial charge in [-0.2, -0.15) is 0 Å². The molecule has 4 heteroatoms. The van der Waals surface area contributed by atoms with Crippen molar-refractivity contribution in [1.29, 1.82) is 0 Å². The summed E-state index contributed by atoms with van der Waals surface area (Å²) in [7, 11) is 0. The summed E-state index contributed by atoms with van der Waals surface area (Å²) in [5.41, 5.74) is 12.1. The lowest BCUT2D eigenvalue weighted by molar-refractivity contribution is -0.133. The van der Waals surface area contributed by atoms with Crippen molar-refractivity contribution in [2.45, 2.75) is 43.8 Å². The average molecular weight is 393 g/mol. The highest BCUT2D eigenvalue weighted by Gasteiger charge is 2.34. The van der Waals surface area contributed by atoms with E-state index in [2.05, 4.69) is 30.3 Å². The maximum absolute atomic E-state index is 12.9. The number of nitrogens with zero attached hydrogens (tertiary/aromatic N) is 1. The molecule has 2 unspecified atom stereocenters. The first-order valence-electron chi connectivity index (χ1n) is 9.70. The van der Waals surface area contributed by atoms with Crippen LogP contribution >= 0.6 is 11.6 Å². The SMILES string of the molecule is CC1(Cl)CC(c2ccccc2)=CC=C1CC(N)C(=O)N1Cc2ccccc2C1. The van der Waals surface area contributed by atoms with Crippen LogP contribution in [-0.4, -0.2) is 21.7 Å². The number of alkyl halides is 1. The fourth-order valence-electron chi connectivity index (χ4n) is 4.08. The van der Waals surface area contributed by atoms with Crippen molar-refractivity contribution in [1.82, 2.24) is 4.90 Å². The number of hydrogen-bond acceptors (Lipinski definition) is 2. The Hall–Kier alpha value is -2.36. The van der Waals surface area contributed by atoms with Crippen LogP contribution in [0.5, 0.6) is 0 Å². The third kappa shape index (κ3) is 3.78. The van der Waals surface area contributed by atoms with Crippen molar-refractivity contribution < 1.29 is 4.79 Å². The van der Waals surface area contributed by atoms with Gasteiger partial charge in [0.25, 0.3) is 0 Å². The highest BCUT2D eigenvalue weighted by Crippen LogP contribution is 2.41. The highest BCUT2D eigenvalue weighted by molar-refractivity contribution is 6.26. The van der Waals surface area contributed by atoms with E-state index in [1.54, 1.807) is 0 Å². The number of amides is 1. The average Bonchev–Trinajstić information content (AvgIpc) is 3.13. The third-order valence-electron chi connectivity index (χ3n) is 5.73. The molecule has 2 aromatic rings. The number of carbonyl (C=O) groups is 1. The van der Waals surface area contributed by atoms with E-state index in [9.17, 15) is 4.79 Å². The van der Waals surface area contributed by atoms with E-state index in [1.165, 1.54) is 22.3 Å². The van der Waals surface area contributed by atoms with Gasteiger partial charge in [0.2, 0.25) is 5.91 Å². The van der Waals surface area contributed by atoms with Crippen LogP contribution in [0.1, 0.15) is 36.5 Å². The summed E-state index contributed by atoms with van der Waals surface area (Å²) in [5.74, 6) is -0.0117. The minimum Gasteiger partial charge on any atom is -0.333 e. The van der Waals surface area contributed by atoms with Crippen LogP contribution in [-0.2, 0) is 17.9 Å². The summed E-state index contributed by atoms with van der Waals surface area (Å²) in [6.07, 6.45) is 5.35. The Balaban J connectivity index is 1.46. The van der Waals surface area contributed by atoms with Crippen LogP contribution in [0, 0.1) is 0 Å². The Morgan fingerprint density at radius 3 is 2.29 bits per heavy atom. The molecule has 3 nitrogen and oxygen atoms in total. The maximum Gasteiger partial charge on any atom is 0.240 e. The molecule has 1 amide bonds. The molecule has 1 heterocycles. The van der Waals surface area contributed by atoms with Crippen molar-refractivity contribution in [2.75, 3.05) is 0 Å². The van der Waals surface area contributed by atoms with E-state index in [1.807, 2.05) is 48.2 Å². The molecule has 28 heavy (non-hydrogen) atoms. The van der Waals surface area contributed by atoms with Crippen molar-refractivity contribution in [3.8, 4) is 0 Å². The summed E-state index contributed by atoms with van der Waals surface area (Å²) in [5, 5.41) is 0. The molecule has 0 spiro atoms. The summed E-state index contributed by atoms with van der Waals surface area (Å²) in [6, 6.07) is 17.8. The maximum atomic E-state index is 12.9. The van der Waals surface area contributed by atoms with Gasteiger partial charge in [-0.3, -0.25) is 4.79 Å². The van der Waals surface area contributed by atoms with Gasteiger partial charge in [-0.05, 0) is 47.6 Å². The monoisotopic (exact) mass is 392 g/mol. The lowest BCUT2D eigenvalue weighted by Gasteiger charge is -2.32. The molecule has 144 valence electrons. The van der Waals surface area contributed by atoms with Crippen LogP contribution in [0.3, 0.4) is 0 Å². The summed E-state index contributed by atoms with van der Waals surface area (Å²) in [4.78, 5) is 14.2. The zero-order chi connectivity index (χ0) is 19.7. The first kappa shape index (κ1) is 19.0. The Labute approximate surface area is 171 Å². The molecule has 2 N–H and O–H groups in total. The molecular weight excluding hydrogens is 368 g/mol. The van der Waals surface area contributed by atoms with Crippen LogP contribution < -0.4 is 5.73 Å². The molecule has 1 aliphatic carbocycles. The smallest absolute Gasteiger partial charge is 0.240 e. The summed E-state index contributed by atoms with van der Waals surface area (Å²) in [6.45, 7) is 3.29. The van der Waals surface area contributed by atoms with Gasteiger partial charge in [0.15, 0.2) is 0 Å². The fourth-order valence-corrected chi connectivity index (χ4v) is 4.37. The van der Waals surface area contributed by atoms with Gasteiger partial charge in [-0.25, -0.2) is 0 Å². The minimum absolute atomic E-state index is 0.0117. The van der Waals surface area contributed by atoms with Crippen LogP contribution in [0.2, 0.25) is 0 Å². The molecule has 0 saturated heterocycles. The number of allylic oxidation sites excluding steroid dienone is 3. The third-order valence-corrected chi connectivity index (χ3v) is 6.11. The lowest BCUT2D eigenvalue weighted by atomic mass is 9.82. The molecule has 2 atom stereocenters. The second-order valence-electron chi connectivity index (χ2n) is 7.90. The molecule has 0 bridgehead atoms. The number of benzene rings is 2. The Morgan fingerprint density at radius 2 is 1.68 bits per heavy atom. The number of rotatable bonds is 4. The van der Waals surface area contributed by atoms with E-state index in [4.69, 9.17) is 17.3 Å². The summed E-state index contributed by atoms with van der Waals surface area (Å²) >= 11 is 6.87. The topological polar surface area (TPSA) is 46.3 Å². The number of hydrogen-bond donors (Lipinski definition) is 1. The lowest BCUT2D eigenvalue weighted by Crippen LogP contribution is -2.42. The van der Waals surface area contributed by atoms with Gasteiger partial charge < -0.3 is 10.6 Å². The number of halogens is 1. The molecule has 0 saturated carbocycles. The first-order chi connectivity index (χ1) is 13.4. The van der Waals surface area contributed by atoms with Crippen molar-refractivity contribution in [2.24, 2.45) is 5.73 Å². The summed E-state index contributed by atoms with van der Waals surface area (Å²) < 4.78 is 0. The van der Waals surface area contributed by atoms with Crippen molar-refractivity contribution in [3.63, 3.8) is 0 Å². The normalized spacial score (nSPS) is 22.3. The number of fused-ring (bicyclic) bond motifs is 1. The van der Waals surface area contributed by atoms with Gasteiger partial charge >= 0.3 is 0 Å². The predicted octanol–water partition coefficient (Wildman–Crippen LogP) is 4.66. The van der Waals surface area contributed by atoms with Gasteiger partial charge in [0.1, 0.15) is 0 Å². The first-order valence-corrected chi connectivity index (χ1v) is 10.1. The molecule has 0 radical (unpaired) electrons. The van der Waals surface area contributed by atoms with E-state index in [0.717, 1.165) is 12.0 Å². The quantitative estimate of drug-likeness (QED) is 0.769. The van der Waals surface area contributed by atoms with E-state index in [0.29, 0.717) is 19.5 Å². The molecule has 2 aromatic carbocycles. The van der Waals surface area contributed by atoms with Crippen LogP contribution in [0.15, 0.2) is 72.3 Å². The standard InChI is InChI=1S/C24H25ClN2O/c1-24(25)14-18(17-7-3-2-4-8-17)11-12-21(24)13-22(26)23(28)27-15-19-9-5-6-10-20(19)16-27/h2-12,22H,13-16,26H2,1H3. The van der Waals surface area contributed by atoms with E-state index in [-0.39, 0.29) is 5.91 Å². The number of nitrogens with two attached hydrogens (primary N) is 1. The van der Waals surface area contributed by atoms with Gasteiger partial charge in [-0.1, -0.05) is 66.7 Å². The molecular formula is C24H25ClN2O. The zero-order valence-corrected chi connectivity index (χ0v) is 16.8. The zero-order valence-electron chi connectivity index (χ0n) is 16.1. The van der Waals surface area contributed by atoms with E-state index < -0.39 is 10.9 Å². The predicted molar refractivity (Wildman–Crippen MR) is 115 cm³/mol. The Kier molecular flexibility index (Phi) is 5.13. The van der Waals surface area contributed by atoms with E-state index >= 15 is 0 Å². The molecule has 2 aliphatic rings. The second kappa shape index (κ2) is 7.57. The van der Waals surface area contributed by atoms with Crippen molar-refractivity contribution >= 4 is 23.1 Å². The van der Waals surface area contributed by atoms with Crippen LogP contribution in [0.4, 0.5) is 0 Å².